The summed E-state index contributed by atoms with van der Waals surface area (Å²) in [6.07, 6.45) is 8.52. The van der Waals surface area contributed by atoms with E-state index in [4.69, 9.17) is 0 Å². The first-order chi connectivity index (χ1) is 9.69. The van der Waals surface area contributed by atoms with Crippen molar-refractivity contribution in [3.63, 3.8) is 0 Å². The summed E-state index contributed by atoms with van der Waals surface area (Å²) < 4.78 is 0. The van der Waals surface area contributed by atoms with Gasteiger partial charge in [0.2, 0.25) is 0 Å². The van der Waals surface area contributed by atoms with Crippen molar-refractivity contribution in [2.45, 2.75) is 58.5 Å². The van der Waals surface area contributed by atoms with Crippen molar-refractivity contribution in [3.8, 4) is 0 Å². The van der Waals surface area contributed by atoms with Crippen LogP contribution in [0.3, 0.4) is 0 Å². The number of rotatable bonds is 6. The van der Waals surface area contributed by atoms with E-state index in [1.807, 2.05) is 6.20 Å². The minimum Gasteiger partial charge on any atom is -0.370 e. The smallest absolute Gasteiger partial charge is 0.126 e. The van der Waals surface area contributed by atoms with E-state index >= 15 is 0 Å². The van der Waals surface area contributed by atoms with Crippen LogP contribution in [0.5, 0.6) is 0 Å². The maximum atomic E-state index is 4.38. The lowest BCUT2D eigenvalue weighted by molar-refractivity contribution is 0.164. The Morgan fingerprint density at radius 1 is 1.30 bits per heavy atom. The van der Waals surface area contributed by atoms with E-state index in [2.05, 4.69) is 48.2 Å². The highest BCUT2D eigenvalue weighted by atomic mass is 15.1. The first kappa shape index (κ1) is 15.3. The van der Waals surface area contributed by atoms with E-state index in [0.29, 0.717) is 0 Å². The lowest BCUT2D eigenvalue weighted by Crippen LogP contribution is -2.34. The van der Waals surface area contributed by atoms with Crippen molar-refractivity contribution >= 4 is 5.82 Å². The minimum absolute atomic E-state index is 0.756. The highest BCUT2D eigenvalue weighted by molar-refractivity contribution is 5.37. The summed E-state index contributed by atoms with van der Waals surface area (Å²) in [5.74, 6) is 1.93. The highest BCUT2D eigenvalue weighted by Crippen LogP contribution is 2.27. The number of nitrogens with zero attached hydrogens (tertiary/aromatic N) is 2. The Balaban J connectivity index is 1.88. The van der Waals surface area contributed by atoms with Gasteiger partial charge < -0.3 is 5.32 Å². The van der Waals surface area contributed by atoms with Crippen LogP contribution in [0.4, 0.5) is 5.82 Å². The molecule has 1 fully saturated rings. The molecule has 0 unspecified atom stereocenters. The maximum absolute atomic E-state index is 4.38. The van der Waals surface area contributed by atoms with Gasteiger partial charge in [-0.2, -0.15) is 0 Å². The molecule has 1 saturated carbocycles. The number of anilines is 1. The molecule has 0 saturated heterocycles. The van der Waals surface area contributed by atoms with Crippen molar-refractivity contribution < 1.29 is 0 Å². The second-order valence-electron chi connectivity index (χ2n) is 6.30. The maximum Gasteiger partial charge on any atom is 0.126 e. The number of nitrogens with one attached hydrogen (secondary N) is 1. The van der Waals surface area contributed by atoms with E-state index in [1.165, 1.54) is 31.2 Å². The molecule has 1 aromatic rings. The van der Waals surface area contributed by atoms with Gasteiger partial charge in [-0.1, -0.05) is 13.8 Å². The number of hydrogen-bond acceptors (Lipinski definition) is 3. The second kappa shape index (κ2) is 7.63. The summed E-state index contributed by atoms with van der Waals surface area (Å²) in [6.45, 7) is 6.58. The molecule has 0 aliphatic heterocycles. The quantitative estimate of drug-likeness (QED) is 0.853. The fourth-order valence-electron chi connectivity index (χ4n) is 3.02. The summed E-state index contributed by atoms with van der Waals surface area (Å²) in [4.78, 5) is 6.90. The molecule has 1 aliphatic rings. The topological polar surface area (TPSA) is 28.2 Å². The Bertz CT molecular complexity index is 397. The van der Waals surface area contributed by atoms with E-state index in [0.717, 1.165) is 37.3 Å². The third-order valence-corrected chi connectivity index (χ3v) is 4.42. The molecule has 2 rings (SSSR count). The molecule has 3 heteroatoms. The van der Waals surface area contributed by atoms with Crippen LogP contribution in [0.2, 0.25) is 0 Å². The highest BCUT2D eigenvalue weighted by Gasteiger charge is 2.21. The van der Waals surface area contributed by atoms with Gasteiger partial charge in [0.1, 0.15) is 5.82 Å². The lowest BCUT2D eigenvalue weighted by atomic mass is 9.86. The molecule has 1 aromatic heterocycles. The molecular weight excluding hydrogens is 246 g/mol. The molecule has 0 bridgehead atoms. The summed E-state index contributed by atoms with van der Waals surface area (Å²) in [7, 11) is 2.26. The molecular formula is C17H29N3. The van der Waals surface area contributed by atoms with Crippen molar-refractivity contribution in [2.24, 2.45) is 5.92 Å². The van der Waals surface area contributed by atoms with Crippen molar-refractivity contribution in [2.75, 3.05) is 18.9 Å². The van der Waals surface area contributed by atoms with Crippen LogP contribution < -0.4 is 5.32 Å². The van der Waals surface area contributed by atoms with Crippen LogP contribution in [0.15, 0.2) is 18.3 Å². The molecule has 1 N–H and O–H groups in total. The first-order valence-corrected chi connectivity index (χ1v) is 8.08. The molecule has 0 spiro atoms. The van der Waals surface area contributed by atoms with E-state index < -0.39 is 0 Å². The SMILES string of the molecule is CCCNc1cc(CN(C)C2CCC(C)CC2)ccn1. The fourth-order valence-corrected chi connectivity index (χ4v) is 3.02. The Morgan fingerprint density at radius 3 is 2.75 bits per heavy atom. The van der Waals surface area contributed by atoms with Crippen molar-refractivity contribution in [1.82, 2.24) is 9.88 Å². The molecule has 3 nitrogen and oxygen atoms in total. The van der Waals surface area contributed by atoms with Gasteiger partial charge in [-0.25, -0.2) is 4.98 Å². The lowest BCUT2D eigenvalue weighted by Gasteiger charge is -2.33. The van der Waals surface area contributed by atoms with Gasteiger partial charge in [0.15, 0.2) is 0 Å². The van der Waals surface area contributed by atoms with Gasteiger partial charge >= 0.3 is 0 Å². The number of pyridine rings is 1. The molecule has 0 radical (unpaired) electrons. The van der Waals surface area contributed by atoms with Crippen LogP contribution in [0, 0.1) is 5.92 Å². The van der Waals surface area contributed by atoms with Gasteiger partial charge in [0.25, 0.3) is 0 Å². The predicted molar refractivity (Wildman–Crippen MR) is 85.9 cm³/mol. The summed E-state index contributed by atoms with van der Waals surface area (Å²) >= 11 is 0. The Kier molecular flexibility index (Phi) is 5.84. The number of hydrogen-bond donors (Lipinski definition) is 1. The summed E-state index contributed by atoms with van der Waals surface area (Å²) in [6, 6.07) is 5.09. The van der Waals surface area contributed by atoms with E-state index in [1.54, 1.807) is 0 Å². The molecule has 1 heterocycles. The molecule has 1 aliphatic carbocycles. The van der Waals surface area contributed by atoms with Gasteiger partial charge in [-0.3, -0.25) is 4.90 Å². The minimum atomic E-state index is 0.756. The molecule has 0 aromatic carbocycles. The zero-order valence-electron chi connectivity index (χ0n) is 13.2. The largest absolute Gasteiger partial charge is 0.370 e. The van der Waals surface area contributed by atoms with Crippen molar-refractivity contribution in [1.29, 1.82) is 0 Å². The zero-order valence-corrected chi connectivity index (χ0v) is 13.2. The third-order valence-electron chi connectivity index (χ3n) is 4.42. The molecule has 20 heavy (non-hydrogen) atoms. The standard InChI is InChI=1S/C17H29N3/c1-4-10-18-17-12-15(9-11-19-17)13-20(3)16-7-5-14(2)6-8-16/h9,11-12,14,16H,4-8,10,13H2,1-3H3,(H,18,19). The summed E-state index contributed by atoms with van der Waals surface area (Å²) in [5, 5.41) is 3.36. The summed E-state index contributed by atoms with van der Waals surface area (Å²) in [5.41, 5.74) is 1.36. The van der Waals surface area contributed by atoms with E-state index in [-0.39, 0.29) is 0 Å². The van der Waals surface area contributed by atoms with Gasteiger partial charge in [-0.05, 0) is 62.8 Å². The van der Waals surface area contributed by atoms with Crippen LogP contribution in [-0.2, 0) is 6.54 Å². The van der Waals surface area contributed by atoms with Gasteiger partial charge in [-0.15, -0.1) is 0 Å². The average molecular weight is 275 g/mol. The van der Waals surface area contributed by atoms with Crippen LogP contribution in [-0.4, -0.2) is 29.5 Å². The zero-order chi connectivity index (χ0) is 14.4. The molecule has 0 atom stereocenters. The second-order valence-corrected chi connectivity index (χ2v) is 6.30. The van der Waals surface area contributed by atoms with Crippen LogP contribution >= 0.6 is 0 Å². The van der Waals surface area contributed by atoms with Crippen LogP contribution in [0.25, 0.3) is 0 Å². The Hall–Kier alpha value is -1.09. The monoisotopic (exact) mass is 275 g/mol. The Morgan fingerprint density at radius 2 is 2.05 bits per heavy atom. The van der Waals surface area contributed by atoms with Crippen LogP contribution in [0.1, 0.15) is 51.5 Å². The van der Waals surface area contributed by atoms with Gasteiger partial charge in [0, 0.05) is 25.3 Å². The average Bonchev–Trinajstić information content (AvgIpc) is 2.46. The number of aromatic nitrogens is 1. The normalized spacial score (nSPS) is 23.0. The predicted octanol–water partition coefficient (Wildman–Crippen LogP) is 3.91. The molecule has 0 amide bonds. The Labute approximate surface area is 123 Å². The first-order valence-electron chi connectivity index (χ1n) is 8.08. The van der Waals surface area contributed by atoms with Gasteiger partial charge in [0.05, 0.1) is 0 Å². The van der Waals surface area contributed by atoms with E-state index in [9.17, 15) is 0 Å². The van der Waals surface area contributed by atoms with Crippen molar-refractivity contribution in [3.05, 3.63) is 23.9 Å². The fraction of sp³-hybridized carbons (Fsp3) is 0.706. The molecule has 112 valence electrons. The third kappa shape index (κ3) is 4.48.